The van der Waals surface area contributed by atoms with Crippen molar-refractivity contribution in [3.05, 3.63) is 0 Å². The van der Waals surface area contributed by atoms with E-state index in [1.54, 1.807) is 0 Å². The summed E-state index contributed by atoms with van der Waals surface area (Å²) >= 11 is 0. The monoisotopic (exact) mass is 274 g/mol. The summed E-state index contributed by atoms with van der Waals surface area (Å²) in [6.45, 7) is 0.165. The quantitative estimate of drug-likeness (QED) is 0.392. The standard InChI is InChI=1S/C10H14N2O7/c1-10(7(16)6(15)5(3-13)19-10)12-2-4(14)8(17)11-9(12)18/h5-7,13,15-16H,2-3H2,1H3,(H,11,17,18)/t5-,6-,7-,10-/m1/s1. The van der Waals surface area contributed by atoms with Crippen molar-refractivity contribution in [2.24, 2.45) is 0 Å². The number of aliphatic hydroxyl groups excluding tert-OH is 3. The zero-order chi connectivity index (χ0) is 14.4. The van der Waals surface area contributed by atoms with Gasteiger partial charge in [0.25, 0.3) is 5.91 Å². The molecular formula is C10H14N2O7. The number of imide groups is 1. The third kappa shape index (κ3) is 2.00. The highest BCUT2D eigenvalue weighted by atomic mass is 16.6. The first-order valence-electron chi connectivity index (χ1n) is 5.62. The van der Waals surface area contributed by atoms with Crippen LogP contribution in [-0.4, -0.2) is 75.1 Å². The normalized spacial score (nSPS) is 39.7. The number of hydrogen-bond acceptors (Lipinski definition) is 7. The van der Waals surface area contributed by atoms with Gasteiger partial charge in [0.05, 0.1) is 13.2 Å². The lowest BCUT2D eigenvalue weighted by molar-refractivity contribution is -0.167. The Hall–Kier alpha value is -1.55. The van der Waals surface area contributed by atoms with Crippen molar-refractivity contribution in [2.75, 3.05) is 13.2 Å². The molecule has 2 saturated heterocycles. The third-order valence-electron chi connectivity index (χ3n) is 3.38. The molecule has 0 aromatic heterocycles. The largest absolute Gasteiger partial charge is 0.394 e. The molecule has 0 aromatic rings. The molecule has 2 aliphatic rings. The van der Waals surface area contributed by atoms with Crippen LogP contribution in [0.2, 0.25) is 0 Å². The fraction of sp³-hybridized carbons (Fsp3) is 0.700. The first-order chi connectivity index (χ1) is 8.81. The van der Waals surface area contributed by atoms with Gasteiger partial charge in [-0.2, -0.15) is 0 Å². The minimum absolute atomic E-state index is 0.559. The van der Waals surface area contributed by atoms with Crippen molar-refractivity contribution in [3.63, 3.8) is 0 Å². The highest BCUT2D eigenvalue weighted by Crippen LogP contribution is 2.34. The van der Waals surface area contributed by atoms with Crippen LogP contribution in [0, 0.1) is 0 Å². The van der Waals surface area contributed by atoms with E-state index in [1.165, 1.54) is 6.92 Å². The van der Waals surface area contributed by atoms with Gasteiger partial charge in [-0.3, -0.25) is 19.8 Å². The molecule has 3 amide bonds. The van der Waals surface area contributed by atoms with Gasteiger partial charge in [-0.1, -0.05) is 0 Å². The van der Waals surface area contributed by atoms with E-state index in [2.05, 4.69) is 0 Å². The number of carbonyl (C=O) groups is 3. The van der Waals surface area contributed by atoms with Crippen molar-refractivity contribution in [1.82, 2.24) is 10.2 Å². The Labute approximate surface area is 107 Å². The lowest BCUT2D eigenvalue weighted by Crippen LogP contribution is -2.65. The second-order valence-corrected chi connectivity index (χ2v) is 4.60. The number of rotatable bonds is 2. The van der Waals surface area contributed by atoms with Gasteiger partial charge >= 0.3 is 6.03 Å². The average Bonchev–Trinajstić information content (AvgIpc) is 2.59. The topological polar surface area (TPSA) is 136 Å². The molecule has 4 atom stereocenters. The summed E-state index contributed by atoms with van der Waals surface area (Å²) in [4.78, 5) is 34.9. The minimum Gasteiger partial charge on any atom is -0.394 e. The fourth-order valence-corrected chi connectivity index (χ4v) is 2.21. The van der Waals surface area contributed by atoms with Crippen LogP contribution in [0.3, 0.4) is 0 Å². The number of carbonyl (C=O) groups excluding carboxylic acids is 3. The van der Waals surface area contributed by atoms with Gasteiger partial charge in [0.15, 0.2) is 5.72 Å². The summed E-state index contributed by atoms with van der Waals surface area (Å²) in [6, 6.07) is -0.906. The molecule has 19 heavy (non-hydrogen) atoms. The van der Waals surface area contributed by atoms with E-state index in [-0.39, 0.29) is 0 Å². The Bertz CT molecular complexity index is 440. The van der Waals surface area contributed by atoms with Gasteiger partial charge in [-0.15, -0.1) is 0 Å². The molecule has 2 heterocycles. The number of nitrogens with zero attached hydrogens (tertiary/aromatic N) is 1. The predicted molar refractivity (Wildman–Crippen MR) is 57.6 cm³/mol. The van der Waals surface area contributed by atoms with Gasteiger partial charge < -0.3 is 20.1 Å². The highest BCUT2D eigenvalue weighted by Gasteiger charge is 2.57. The van der Waals surface area contributed by atoms with Crippen molar-refractivity contribution in [1.29, 1.82) is 0 Å². The zero-order valence-corrected chi connectivity index (χ0v) is 10.1. The molecule has 0 radical (unpaired) electrons. The van der Waals surface area contributed by atoms with Gasteiger partial charge in [0.1, 0.15) is 18.3 Å². The van der Waals surface area contributed by atoms with E-state index in [9.17, 15) is 24.6 Å². The molecular weight excluding hydrogens is 260 g/mol. The van der Waals surface area contributed by atoms with Crippen LogP contribution < -0.4 is 5.32 Å². The molecule has 9 nitrogen and oxygen atoms in total. The first kappa shape index (κ1) is 13.9. The second kappa shape index (κ2) is 4.53. The number of nitrogens with one attached hydrogen (secondary N) is 1. The molecule has 9 heteroatoms. The molecule has 0 aromatic carbocycles. The number of ketones is 1. The summed E-state index contributed by atoms with van der Waals surface area (Å²) in [5, 5.41) is 30.4. The number of aliphatic hydroxyl groups is 3. The van der Waals surface area contributed by atoms with Crippen LogP contribution >= 0.6 is 0 Å². The zero-order valence-electron chi connectivity index (χ0n) is 10.1. The van der Waals surface area contributed by atoms with Crippen molar-refractivity contribution in [2.45, 2.75) is 31.0 Å². The van der Waals surface area contributed by atoms with Crippen molar-refractivity contribution < 1.29 is 34.4 Å². The Balaban J connectivity index is 2.27. The molecule has 2 aliphatic heterocycles. The Kier molecular flexibility index (Phi) is 3.31. The Morgan fingerprint density at radius 1 is 1.42 bits per heavy atom. The molecule has 106 valence electrons. The molecule has 0 aliphatic carbocycles. The van der Waals surface area contributed by atoms with E-state index in [0.29, 0.717) is 0 Å². The number of urea groups is 1. The van der Waals surface area contributed by atoms with Crippen LogP contribution in [0.5, 0.6) is 0 Å². The SMILES string of the molecule is C[C@@]1(N2CC(=O)C(=O)NC2=O)O[C@H](CO)[C@@H](O)[C@H]1O. The van der Waals surface area contributed by atoms with E-state index in [1.807, 2.05) is 5.32 Å². The highest BCUT2D eigenvalue weighted by molar-refractivity contribution is 6.41. The minimum atomic E-state index is -1.70. The number of hydrogen-bond donors (Lipinski definition) is 4. The maximum atomic E-state index is 11.7. The van der Waals surface area contributed by atoms with Crippen LogP contribution in [0.25, 0.3) is 0 Å². The van der Waals surface area contributed by atoms with E-state index >= 15 is 0 Å². The summed E-state index contributed by atoms with van der Waals surface area (Å²) < 4.78 is 5.27. The Morgan fingerprint density at radius 3 is 2.58 bits per heavy atom. The van der Waals surface area contributed by atoms with Gasteiger partial charge in [0.2, 0.25) is 5.78 Å². The first-order valence-corrected chi connectivity index (χ1v) is 5.62. The Morgan fingerprint density at radius 2 is 2.05 bits per heavy atom. The number of amides is 3. The van der Waals surface area contributed by atoms with Crippen LogP contribution in [0.4, 0.5) is 4.79 Å². The van der Waals surface area contributed by atoms with Gasteiger partial charge in [0, 0.05) is 0 Å². The van der Waals surface area contributed by atoms with E-state index in [0.717, 1.165) is 4.90 Å². The summed E-state index contributed by atoms with van der Waals surface area (Å²) in [5.74, 6) is -1.89. The lowest BCUT2D eigenvalue weighted by atomic mass is 10.0. The van der Waals surface area contributed by atoms with Crippen molar-refractivity contribution in [3.8, 4) is 0 Å². The van der Waals surface area contributed by atoms with Gasteiger partial charge in [-0.05, 0) is 6.92 Å². The lowest BCUT2D eigenvalue weighted by Gasteiger charge is -2.40. The number of Topliss-reactive ketones (excluding diaryl/α,β-unsaturated/α-hetero) is 1. The van der Waals surface area contributed by atoms with Crippen LogP contribution in [0.1, 0.15) is 6.92 Å². The second-order valence-electron chi connectivity index (χ2n) is 4.60. The van der Waals surface area contributed by atoms with Crippen LogP contribution in [0.15, 0.2) is 0 Å². The fourth-order valence-electron chi connectivity index (χ4n) is 2.21. The van der Waals surface area contributed by atoms with Crippen molar-refractivity contribution >= 4 is 17.7 Å². The molecule has 2 rings (SSSR count). The molecule has 0 spiro atoms. The average molecular weight is 274 g/mol. The van der Waals surface area contributed by atoms with E-state index < -0.39 is 54.9 Å². The molecule has 0 unspecified atom stereocenters. The molecule has 0 saturated carbocycles. The van der Waals surface area contributed by atoms with Crippen LogP contribution in [-0.2, 0) is 14.3 Å². The maximum Gasteiger partial charge on any atom is 0.327 e. The summed E-state index contributed by atoms with van der Waals surface area (Å²) in [7, 11) is 0. The molecule has 4 N–H and O–H groups in total. The number of ether oxygens (including phenoxy) is 1. The van der Waals surface area contributed by atoms with E-state index in [4.69, 9.17) is 9.84 Å². The molecule has 2 fully saturated rings. The van der Waals surface area contributed by atoms with Gasteiger partial charge in [-0.25, -0.2) is 4.79 Å². The smallest absolute Gasteiger partial charge is 0.327 e. The maximum absolute atomic E-state index is 11.7. The third-order valence-corrected chi connectivity index (χ3v) is 3.38. The predicted octanol–water partition coefficient (Wildman–Crippen LogP) is -3.06. The molecule has 0 bridgehead atoms. The summed E-state index contributed by atoms with van der Waals surface area (Å²) in [6.07, 6.45) is -4.01. The summed E-state index contributed by atoms with van der Waals surface area (Å²) in [5.41, 5.74) is -1.70.